The van der Waals surface area contributed by atoms with Crippen LogP contribution in [0.5, 0.6) is 0 Å². The standard InChI is InChI=1S/C13H15N5OS/c1-3-18-8-10(7-14-18)15-9(2)13-16-12(17-19-13)11-5-4-6-20-11/h4-9,15H,3H2,1-2H3/t9-/m0/s1. The van der Waals surface area contributed by atoms with Gasteiger partial charge in [0.25, 0.3) is 0 Å². The third kappa shape index (κ3) is 2.57. The van der Waals surface area contributed by atoms with Crippen LogP contribution in [0.25, 0.3) is 10.7 Å². The molecule has 0 amide bonds. The molecule has 0 saturated carbocycles. The fourth-order valence-electron chi connectivity index (χ4n) is 1.84. The molecule has 104 valence electrons. The molecule has 0 fully saturated rings. The molecule has 20 heavy (non-hydrogen) atoms. The van der Waals surface area contributed by atoms with Crippen LogP contribution in [0.4, 0.5) is 5.69 Å². The summed E-state index contributed by atoms with van der Waals surface area (Å²) in [5.74, 6) is 1.20. The van der Waals surface area contributed by atoms with Gasteiger partial charge in [-0.3, -0.25) is 4.68 Å². The fraction of sp³-hybridized carbons (Fsp3) is 0.308. The monoisotopic (exact) mass is 289 g/mol. The maximum absolute atomic E-state index is 5.31. The van der Waals surface area contributed by atoms with E-state index in [1.54, 1.807) is 17.5 Å². The SMILES string of the molecule is CCn1cc(N[C@@H](C)c2nc(-c3cccs3)no2)cn1. The van der Waals surface area contributed by atoms with Crippen LogP contribution in [0.2, 0.25) is 0 Å². The first kappa shape index (κ1) is 12.9. The van der Waals surface area contributed by atoms with Gasteiger partial charge in [0.2, 0.25) is 11.7 Å². The molecule has 7 heteroatoms. The predicted molar refractivity (Wildman–Crippen MR) is 77.5 cm³/mol. The quantitative estimate of drug-likeness (QED) is 0.781. The summed E-state index contributed by atoms with van der Waals surface area (Å²) >= 11 is 1.59. The summed E-state index contributed by atoms with van der Waals surface area (Å²) in [6.07, 6.45) is 3.74. The van der Waals surface area contributed by atoms with Crippen LogP contribution < -0.4 is 5.32 Å². The number of rotatable bonds is 5. The zero-order valence-electron chi connectivity index (χ0n) is 11.3. The molecule has 3 aromatic heterocycles. The summed E-state index contributed by atoms with van der Waals surface area (Å²) < 4.78 is 7.17. The van der Waals surface area contributed by atoms with E-state index in [1.165, 1.54) is 0 Å². The van der Waals surface area contributed by atoms with Gasteiger partial charge in [-0.25, -0.2) is 0 Å². The predicted octanol–water partition coefficient (Wildman–Crippen LogP) is 3.19. The van der Waals surface area contributed by atoms with E-state index in [0.29, 0.717) is 11.7 Å². The number of anilines is 1. The number of nitrogens with zero attached hydrogens (tertiary/aromatic N) is 4. The van der Waals surface area contributed by atoms with Crippen molar-refractivity contribution < 1.29 is 4.52 Å². The molecule has 1 N–H and O–H groups in total. The van der Waals surface area contributed by atoms with Gasteiger partial charge in [-0.1, -0.05) is 11.2 Å². The van der Waals surface area contributed by atoms with Crippen molar-refractivity contribution in [2.24, 2.45) is 0 Å². The number of nitrogens with one attached hydrogen (secondary N) is 1. The molecule has 3 heterocycles. The Hall–Kier alpha value is -2.15. The molecule has 3 rings (SSSR count). The Bertz CT molecular complexity index is 673. The molecule has 6 nitrogen and oxygen atoms in total. The Labute approximate surface area is 120 Å². The van der Waals surface area contributed by atoms with Crippen LogP contribution in [0.3, 0.4) is 0 Å². The Morgan fingerprint density at radius 3 is 3.10 bits per heavy atom. The van der Waals surface area contributed by atoms with Crippen LogP contribution in [0, 0.1) is 0 Å². The first-order valence-electron chi connectivity index (χ1n) is 6.42. The highest BCUT2D eigenvalue weighted by atomic mass is 32.1. The lowest BCUT2D eigenvalue weighted by molar-refractivity contribution is 0.368. The first-order chi connectivity index (χ1) is 9.76. The highest BCUT2D eigenvalue weighted by Gasteiger charge is 2.16. The zero-order valence-corrected chi connectivity index (χ0v) is 12.1. The average molecular weight is 289 g/mol. The van der Waals surface area contributed by atoms with Gasteiger partial charge in [-0.2, -0.15) is 10.1 Å². The molecular formula is C13H15N5OS. The van der Waals surface area contributed by atoms with Crippen molar-refractivity contribution in [3.05, 3.63) is 35.8 Å². The highest BCUT2D eigenvalue weighted by molar-refractivity contribution is 7.13. The molecule has 0 aromatic carbocycles. The summed E-state index contributed by atoms with van der Waals surface area (Å²) in [7, 11) is 0. The molecule has 3 aromatic rings. The van der Waals surface area contributed by atoms with E-state index in [0.717, 1.165) is 17.1 Å². The third-order valence-electron chi connectivity index (χ3n) is 2.89. The number of aryl methyl sites for hydroxylation is 1. The topological polar surface area (TPSA) is 68.8 Å². The summed E-state index contributed by atoms with van der Waals surface area (Å²) in [6.45, 7) is 4.87. The number of thiophene rings is 1. The van der Waals surface area contributed by atoms with E-state index in [1.807, 2.05) is 42.2 Å². The summed E-state index contributed by atoms with van der Waals surface area (Å²) in [6, 6.07) is 3.88. The largest absolute Gasteiger partial charge is 0.371 e. The lowest BCUT2D eigenvalue weighted by Gasteiger charge is -2.07. The smallest absolute Gasteiger partial charge is 0.249 e. The molecular weight excluding hydrogens is 274 g/mol. The second-order valence-electron chi connectivity index (χ2n) is 4.38. The molecule has 0 spiro atoms. The van der Waals surface area contributed by atoms with Gasteiger partial charge in [0.05, 0.1) is 16.8 Å². The van der Waals surface area contributed by atoms with Gasteiger partial charge < -0.3 is 9.84 Å². The summed E-state index contributed by atoms with van der Waals surface area (Å²) in [5, 5.41) is 13.5. The molecule has 0 bridgehead atoms. The zero-order chi connectivity index (χ0) is 13.9. The van der Waals surface area contributed by atoms with E-state index in [-0.39, 0.29) is 6.04 Å². The van der Waals surface area contributed by atoms with E-state index in [4.69, 9.17) is 4.52 Å². The van der Waals surface area contributed by atoms with Gasteiger partial charge in [0.1, 0.15) is 6.04 Å². The minimum absolute atomic E-state index is 0.0641. The van der Waals surface area contributed by atoms with Gasteiger partial charge in [-0.15, -0.1) is 11.3 Å². The van der Waals surface area contributed by atoms with Crippen molar-refractivity contribution in [1.29, 1.82) is 0 Å². The van der Waals surface area contributed by atoms with Crippen LogP contribution in [0.1, 0.15) is 25.8 Å². The van der Waals surface area contributed by atoms with Crippen LogP contribution in [-0.2, 0) is 6.54 Å². The van der Waals surface area contributed by atoms with E-state index >= 15 is 0 Å². The molecule has 1 atom stereocenters. The minimum Gasteiger partial charge on any atom is -0.371 e. The Morgan fingerprint density at radius 1 is 1.50 bits per heavy atom. The highest BCUT2D eigenvalue weighted by Crippen LogP contribution is 2.24. The summed E-state index contributed by atoms with van der Waals surface area (Å²) in [5.41, 5.74) is 0.940. The van der Waals surface area contributed by atoms with Crippen LogP contribution in [-0.4, -0.2) is 19.9 Å². The second-order valence-corrected chi connectivity index (χ2v) is 5.33. The third-order valence-corrected chi connectivity index (χ3v) is 3.76. The lowest BCUT2D eigenvalue weighted by Crippen LogP contribution is -2.06. The Kier molecular flexibility index (Phi) is 3.51. The number of hydrogen-bond donors (Lipinski definition) is 1. The van der Waals surface area contributed by atoms with Gasteiger partial charge in [0, 0.05) is 12.7 Å². The van der Waals surface area contributed by atoms with Crippen molar-refractivity contribution in [2.45, 2.75) is 26.4 Å². The normalized spacial score (nSPS) is 12.5. The number of hydrogen-bond acceptors (Lipinski definition) is 6. The van der Waals surface area contributed by atoms with E-state index in [2.05, 4.69) is 20.6 Å². The van der Waals surface area contributed by atoms with Crippen molar-refractivity contribution in [3.8, 4) is 10.7 Å². The molecule has 0 aliphatic carbocycles. The Balaban J connectivity index is 1.72. The lowest BCUT2D eigenvalue weighted by atomic mass is 10.3. The van der Waals surface area contributed by atoms with Gasteiger partial charge in [0.15, 0.2) is 0 Å². The number of aromatic nitrogens is 4. The van der Waals surface area contributed by atoms with Crippen molar-refractivity contribution in [1.82, 2.24) is 19.9 Å². The molecule has 0 unspecified atom stereocenters. The maximum atomic E-state index is 5.31. The molecule has 0 aliphatic rings. The molecule has 0 radical (unpaired) electrons. The average Bonchev–Trinajstić information content (AvgIpc) is 3.19. The van der Waals surface area contributed by atoms with Crippen LogP contribution in [0.15, 0.2) is 34.4 Å². The molecule has 0 saturated heterocycles. The van der Waals surface area contributed by atoms with Gasteiger partial charge in [-0.05, 0) is 25.3 Å². The van der Waals surface area contributed by atoms with E-state index < -0.39 is 0 Å². The maximum Gasteiger partial charge on any atom is 0.249 e. The first-order valence-corrected chi connectivity index (χ1v) is 7.30. The van der Waals surface area contributed by atoms with Crippen molar-refractivity contribution in [3.63, 3.8) is 0 Å². The van der Waals surface area contributed by atoms with E-state index in [9.17, 15) is 0 Å². The Morgan fingerprint density at radius 2 is 2.40 bits per heavy atom. The fourth-order valence-corrected chi connectivity index (χ4v) is 2.49. The van der Waals surface area contributed by atoms with Gasteiger partial charge >= 0.3 is 0 Å². The van der Waals surface area contributed by atoms with Crippen LogP contribution >= 0.6 is 11.3 Å². The minimum atomic E-state index is -0.0641. The summed E-state index contributed by atoms with van der Waals surface area (Å²) in [4.78, 5) is 5.42. The van der Waals surface area contributed by atoms with Crippen molar-refractivity contribution in [2.75, 3.05) is 5.32 Å². The second kappa shape index (κ2) is 5.46. The van der Waals surface area contributed by atoms with Crippen molar-refractivity contribution >= 4 is 17.0 Å². The molecule has 0 aliphatic heterocycles.